The Balaban J connectivity index is 0.0000109. The average Bonchev–Trinajstić information content (AvgIpc) is 3.13. The maximum atomic E-state index is 12.8. The Morgan fingerprint density at radius 1 is 1.00 bits per heavy atom. The van der Waals surface area contributed by atoms with Crippen LogP contribution >= 0.6 is 0 Å². The van der Waals surface area contributed by atoms with Crippen LogP contribution in [0.4, 0.5) is 0 Å². The summed E-state index contributed by atoms with van der Waals surface area (Å²) in [4.78, 5) is 17.1. The van der Waals surface area contributed by atoms with Crippen LogP contribution in [0.2, 0.25) is 0 Å². The summed E-state index contributed by atoms with van der Waals surface area (Å²) < 4.78 is 32.9. The van der Waals surface area contributed by atoms with Crippen LogP contribution < -0.4 is 29.6 Å². The van der Waals surface area contributed by atoms with Crippen molar-refractivity contribution in [1.82, 2.24) is 0 Å². The fraction of sp³-hybridized carbons (Fsp3) is 0.917. The van der Waals surface area contributed by atoms with Crippen molar-refractivity contribution < 1.29 is 62.0 Å². The number of carbonyl (C=O) groups excluding carboxylic acids is 1. The zero-order chi connectivity index (χ0) is 24.6. The summed E-state index contributed by atoms with van der Waals surface area (Å²) >= 11 is 0. The van der Waals surface area contributed by atoms with E-state index in [0.29, 0.717) is 25.3 Å². The number of hydrogen-bond acceptors (Lipinski definition) is 7. The molecule has 1 heterocycles. The van der Waals surface area contributed by atoms with Gasteiger partial charge in [0.25, 0.3) is 5.84 Å². The van der Waals surface area contributed by atoms with Gasteiger partial charge >= 0.3 is 29.6 Å². The number of rotatable bonds is 21. The number of Topliss-reactive ketones (excluding diaryl/α,β-unsaturated/α-hetero) is 1. The molecule has 1 aliphatic rings. The number of aliphatic hydroxyl groups excluding tert-OH is 2. The third kappa shape index (κ3) is 14.6. The molecule has 8 nitrogen and oxygen atoms in total. The number of aliphatic hydroxyl groups is 2. The first kappa shape index (κ1) is 34.1. The summed E-state index contributed by atoms with van der Waals surface area (Å²) in [5, 5.41) is 19.6. The van der Waals surface area contributed by atoms with Crippen molar-refractivity contribution in [3.05, 3.63) is 0 Å². The minimum atomic E-state index is -4.58. The smallest absolute Gasteiger partial charge is 0.748 e. The van der Waals surface area contributed by atoms with Gasteiger partial charge in [0, 0.05) is 6.42 Å². The van der Waals surface area contributed by atoms with Gasteiger partial charge in [0.2, 0.25) is 5.78 Å². The van der Waals surface area contributed by atoms with E-state index in [1.807, 2.05) is 0 Å². The van der Waals surface area contributed by atoms with Gasteiger partial charge in [-0.2, -0.15) is 0 Å². The molecule has 10 heteroatoms. The van der Waals surface area contributed by atoms with E-state index in [1.165, 1.54) is 64.2 Å². The van der Waals surface area contributed by atoms with Crippen molar-refractivity contribution in [2.75, 3.05) is 38.5 Å². The predicted molar refractivity (Wildman–Crippen MR) is 130 cm³/mol. The van der Waals surface area contributed by atoms with Crippen molar-refractivity contribution in [1.29, 1.82) is 0 Å². The second-order valence-corrected chi connectivity index (χ2v) is 10.9. The molecule has 1 rings (SSSR count). The zero-order valence-corrected chi connectivity index (χ0v) is 24.4. The van der Waals surface area contributed by atoms with Gasteiger partial charge in [-0.3, -0.25) is 9.28 Å². The molecule has 0 bridgehead atoms. The molecule has 0 aliphatic carbocycles. The minimum absolute atomic E-state index is 0. The van der Waals surface area contributed by atoms with Crippen LogP contribution in [-0.4, -0.2) is 83.9 Å². The summed E-state index contributed by atoms with van der Waals surface area (Å²) in [6, 6.07) is 0. The average molecular weight is 514 g/mol. The van der Waals surface area contributed by atoms with Crippen LogP contribution in [0.5, 0.6) is 0 Å². The maximum absolute atomic E-state index is 12.8. The van der Waals surface area contributed by atoms with E-state index >= 15 is 0 Å². The van der Waals surface area contributed by atoms with Gasteiger partial charge in [0.15, 0.2) is 0 Å². The summed E-state index contributed by atoms with van der Waals surface area (Å²) in [5.74, 6) is -0.717. The van der Waals surface area contributed by atoms with Crippen molar-refractivity contribution in [2.24, 2.45) is 4.99 Å². The van der Waals surface area contributed by atoms with Gasteiger partial charge in [0.05, 0.1) is 29.0 Å². The van der Waals surface area contributed by atoms with Gasteiger partial charge in [-0.25, -0.2) is 13.4 Å². The minimum Gasteiger partial charge on any atom is -0.748 e. The number of hydrogen-bond donors (Lipinski definition) is 2. The molecular formula is C24H46N2NaO6S+. The molecule has 0 aromatic carbocycles. The van der Waals surface area contributed by atoms with Crippen LogP contribution in [0.25, 0.3) is 0 Å². The Labute approximate surface area is 229 Å². The number of carbonyl (C=O) groups is 1. The topological polar surface area (TPSA) is 127 Å². The molecule has 194 valence electrons. The molecule has 1 aliphatic heterocycles. The van der Waals surface area contributed by atoms with Crippen LogP contribution in [0.3, 0.4) is 0 Å². The van der Waals surface area contributed by atoms with Crippen LogP contribution in [-0.2, 0) is 14.9 Å². The van der Waals surface area contributed by atoms with Gasteiger partial charge in [-0.15, -0.1) is 0 Å². The first-order chi connectivity index (χ1) is 15.7. The molecule has 2 atom stereocenters. The molecule has 0 radical (unpaired) electrons. The summed E-state index contributed by atoms with van der Waals surface area (Å²) in [6.07, 6.45) is 14.9. The van der Waals surface area contributed by atoms with E-state index in [-0.39, 0.29) is 59.5 Å². The first-order valence-electron chi connectivity index (χ1n) is 12.9. The number of aliphatic imine (C=N–C) groups is 1. The maximum Gasteiger partial charge on any atom is 1.00 e. The van der Waals surface area contributed by atoms with E-state index in [0.717, 1.165) is 19.3 Å². The third-order valence-electron chi connectivity index (χ3n) is 6.48. The largest absolute Gasteiger partial charge is 1.00 e. The molecule has 2 unspecified atom stereocenters. The number of unbranched alkanes of at least 4 members (excludes halogenated alkanes) is 12. The second-order valence-electron chi connectivity index (χ2n) is 9.50. The number of ketones is 1. The Morgan fingerprint density at radius 2 is 1.50 bits per heavy atom. The Morgan fingerprint density at radius 3 is 1.97 bits per heavy atom. The van der Waals surface area contributed by atoms with E-state index in [2.05, 4.69) is 11.9 Å². The Kier molecular flexibility index (Phi) is 19.3. The van der Waals surface area contributed by atoms with E-state index in [9.17, 15) is 28.0 Å². The van der Waals surface area contributed by atoms with Crippen LogP contribution in [0, 0.1) is 0 Å². The van der Waals surface area contributed by atoms with Crippen LogP contribution in [0.15, 0.2) is 4.99 Å². The Hall–Kier alpha value is 0.130. The molecule has 0 aromatic heterocycles. The molecular weight excluding hydrogens is 467 g/mol. The van der Waals surface area contributed by atoms with Crippen molar-refractivity contribution in [3.8, 4) is 0 Å². The van der Waals surface area contributed by atoms with Gasteiger partial charge in [-0.1, -0.05) is 84.0 Å². The molecule has 34 heavy (non-hydrogen) atoms. The molecule has 0 fully saturated rings. The summed E-state index contributed by atoms with van der Waals surface area (Å²) in [5.41, 5.74) is 0. The van der Waals surface area contributed by atoms with Crippen LogP contribution in [0.1, 0.15) is 96.8 Å². The van der Waals surface area contributed by atoms with Gasteiger partial charge in [0.1, 0.15) is 25.7 Å². The van der Waals surface area contributed by atoms with Gasteiger partial charge in [-0.05, 0) is 6.42 Å². The number of quaternary nitrogens is 1. The van der Waals surface area contributed by atoms with E-state index in [1.54, 1.807) is 0 Å². The van der Waals surface area contributed by atoms with E-state index in [4.69, 9.17) is 0 Å². The van der Waals surface area contributed by atoms with Crippen molar-refractivity contribution in [3.63, 3.8) is 0 Å². The Bertz CT molecular complexity index is 689. The number of amidine groups is 1. The molecule has 0 spiro atoms. The fourth-order valence-electron chi connectivity index (χ4n) is 4.74. The van der Waals surface area contributed by atoms with Crippen molar-refractivity contribution in [2.45, 2.75) is 103 Å². The third-order valence-corrected chi connectivity index (χ3v) is 7.27. The summed E-state index contributed by atoms with van der Waals surface area (Å²) in [7, 11) is -4.58. The molecule has 0 amide bonds. The summed E-state index contributed by atoms with van der Waals surface area (Å²) in [6.45, 7) is 2.88. The normalized spacial score (nSPS) is 19.0. The monoisotopic (exact) mass is 513 g/mol. The predicted octanol–water partition coefficient (Wildman–Crippen LogP) is 0.168. The SMILES string of the molecule is CCCCCCCCCCCCCCCC(=O)C1=NCC[N+]1(CCO)CC(O)CS(=O)(=O)[O-].[Na+]. The number of nitrogens with zero attached hydrogens (tertiary/aromatic N) is 2. The molecule has 0 saturated carbocycles. The fourth-order valence-corrected chi connectivity index (χ4v) is 5.32. The van der Waals surface area contributed by atoms with Crippen molar-refractivity contribution >= 4 is 21.7 Å². The molecule has 2 N–H and O–H groups in total. The molecule has 0 saturated heterocycles. The second kappa shape index (κ2) is 19.3. The molecule has 0 aromatic rings. The quantitative estimate of drug-likeness (QED) is 0.0975. The first-order valence-corrected chi connectivity index (χ1v) is 14.5. The van der Waals surface area contributed by atoms with Gasteiger partial charge < -0.3 is 14.8 Å². The van der Waals surface area contributed by atoms with E-state index < -0.39 is 22.0 Å². The standard InChI is InChI=1S/C24H46N2O6S.Na/c1-2-3-4-5-6-7-8-9-10-11-12-13-14-15-23(29)24-25-16-17-26(24,18-19-27)20-22(28)21-33(30,31)32;/h22,27-28H,2-21H2,1H3;/q;+1. The zero-order valence-electron chi connectivity index (χ0n) is 21.5.